The number of rotatable bonds is 8. The normalized spacial score (nSPS) is 14.9. The van der Waals surface area contributed by atoms with E-state index in [1.54, 1.807) is 24.3 Å². The number of hydrogen-bond acceptors (Lipinski definition) is 6. The van der Waals surface area contributed by atoms with E-state index in [9.17, 15) is 9.59 Å². The van der Waals surface area contributed by atoms with Crippen molar-refractivity contribution in [1.82, 2.24) is 0 Å². The van der Waals surface area contributed by atoms with Gasteiger partial charge in [0, 0.05) is 28.9 Å². The number of carbonyl (C=O) groups is 2. The fraction of sp³-hybridized carbons (Fsp3) is 0.318. The Bertz CT molecular complexity index is 987. The molecule has 0 aliphatic carbocycles. The number of ketones is 1. The summed E-state index contributed by atoms with van der Waals surface area (Å²) in [5.74, 6) is 0.613. The molecular formula is C22H25N2O5S+. The number of thiol groups is 1. The lowest BCUT2D eigenvalue weighted by Gasteiger charge is -2.32. The number of Topliss-reactive ketones (excluding diaryl/α,β-unsaturated/α-hetero) is 1. The number of fused-ring (bicyclic) bond motifs is 1. The number of amides is 1. The van der Waals surface area contributed by atoms with Crippen LogP contribution in [0.15, 0.2) is 42.5 Å². The van der Waals surface area contributed by atoms with Crippen molar-refractivity contribution < 1.29 is 28.1 Å². The molecule has 7 nitrogen and oxygen atoms in total. The fourth-order valence-electron chi connectivity index (χ4n) is 3.28. The maximum Gasteiger partial charge on any atom is 0.412 e. The molecule has 0 spiro atoms. The standard InChI is InChI=1S/C22H24N2O5S/c1-15(25)17-8-4-5-9-20(17)24(29-30)12-6-7-13-27-16-10-11-18-19(14-16)23-21(26)28-22(18,2)3/h4-5,8-12,14H,6-7,13H2,1-3H3,(H-,23,26,30)/p+1. The first-order chi connectivity index (χ1) is 14.3. The van der Waals surface area contributed by atoms with Crippen LogP contribution in [0.1, 0.15) is 49.5 Å². The Labute approximate surface area is 181 Å². The second kappa shape index (κ2) is 9.21. The van der Waals surface area contributed by atoms with Crippen molar-refractivity contribution in [3.05, 3.63) is 53.6 Å². The molecule has 2 aromatic carbocycles. The Hall–Kier alpha value is -3.00. The molecule has 2 aromatic rings. The fourth-order valence-corrected chi connectivity index (χ4v) is 3.44. The van der Waals surface area contributed by atoms with Crippen molar-refractivity contribution in [3.63, 3.8) is 0 Å². The van der Waals surface area contributed by atoms with E-state index in [2.05, 4.69) is 18.2 Å². The van der Waals surface area contributed by atoms with Gasteiger partial charge in [0.05, 0.1) is 17.9 Å². The molecule has 1 N–H and O–H groups in total. The highest BCUT2D eigenvalue weighted by Crippen LogP contribution is 2.37. The van der Waals surface area contributed by atoms with Crippen LogP contribution in [0.25, 0.3) is 0 Å². The van der Waals surface area contributed by atoms with Gasteiger partial charge < -0.3 is 9.47 Å². The zero-order chi connectivity index (χ0) is 21.7. The van der Waals surface area contributed by atoms with Crippen molar-refractivity contribution in [2.45, 2.75) is 39.2 Å². The van der Waals surface area contributed by atoms with Gasteiger partial charge in [0.2, 0.25) is 6.21 Å². The van der Waals surface area contributed by atoms with Crippen molar-refractivity contribution >= 4 is 42.4 Å². The van der Waals surface area contributed by atoms with Crippen molar-refractivity contribution in [3.8, 4) is 5.75 Å². The smallest absolute Gasteiger partial charge is 0.412 e. The van der Waals surface area contributed by atoms with Gasteiger partial charge in [-0.15, -0.1) is 0 Å². The lowest BCUT2D eigenvalue weighted by atomic mass is 9.95. The number of ether oxygens (including phenoxy) is 2. The number of carbonyl (C=O) groups excluding carboxylic acids is 2. The Morgan fingerprint density at radius 1 is 1.27 bits per heavy atom. The maximum absolute atomic E-state index is 11.8. The first kappa shape index (κ1) is 21.7. The molecule has 3 rings (SSSR count). The molecule has 0 bridgehead atoms. The van der Waals surface area contributed by atoms with Gasteiger partial charge in [-0.05, 0) is 45.4 Å². The molecule has 0 unspecified atom stereocenters. The second-order valence-electron chi connectivity index (χ2n) is 7.39. The molecule has 1 heterocycles. The third kappa shape index (κ3) is 4.94. The van der Waals surface area contributed by atoms with Gasteiger partial charge in [0.25, 0.3) is 5.69 Å². The van der Waals surface area contributed by atoms with E-state index in [1.165, 1.54) is 11.7 Å². The van der Waals surface area contributed by atoms with Gasteiger partial charge >= 0.3 is 6.09 Å². The van der Waals surface area contributed by atoms with Crippen LogP contribution in [0, 0.1) is 0 Å². The zero-order valence-corrected chi connectivity index (χ0v) is 18.1. The maximum atomic E-state index is 11.8. The number of para-hydroxylation sites is 1. The van der Waals surface area contributed by atoms with E-state index in [0.717, 1.165) is 5.56 Å². The monoisotopic (exact) mass is 429 g/mol. The number of nitrogens with zero attached hydrogens (tertiary/aromatic N) is 1. The first-order valence-corrected chi connectivity index (χ1v) is 10.00. The minimum Gasteiger partial charge on any atom is -0.494 e. The van der Waals surface area contributed by atoms with Crippen LogP contribution in [-0.2, 0) is 14.6 Å². The second-order valence-corrected chi connectivity index (χ2v) is 7.55. The van der Waals surface area contributed by atoms with Crippen LogP contribution in [0.4, 0.5) is 16.2 Å². The topological polar surface area (TPSA) is 76.9 Å². The molecule has 0 saturated carbocycles. The number of unbranched alkanes of at least 4 members (excludes halogenated alkanes) is 1. The van der Waals surface area contributed by atoms with E-state index in [0.29, 0.717) is 42.1 Å². The minimum absolute atomic E-state index is 0.0502. The predicted octanol–water partition coefficient (Wildman–Crippen LogP) is 5.04. The summed E-state index contributed by atoms with van der Waals surface area (Å²) in [5, 5.41) is 2.71. The van der Waals surface area contributed by atoms with E-state index in [4.69, 9.17) is 13.8 Å². The van der Waals surface area contributed by atoms with Gasteiger partial charge in [-0.2, -0.15) is 4.28 Å². The summed E-state index contributed by atoms with van der Waals surface area (Å²) in [7, 11) is 0. The number of cyclic esters (lactones) is 1. The third-order valence-corrected chi connectivity index (χ3v) is 4.92. The van der Waals surface area contributed by atoms with Crippen LogP contribution < -0.4 is 10.1 Å². The third-order valence-electron chi connectivity index (χ3n) is 4.75. The lowest BCUT2D eigenvalue weighted by molar-refractivity contribution is -0.672. The highest BCUT2D eigenvalue weighted by Gasteiger charge is 2.33. The average molecular weight is 430 g/mol. The van der Waals surface area contributed by atoms with Gasteiger partial charge in [-0.25, -0.2) is 4.79 Å². The summed E-state index contributed by atoms with van der Waals surface area (Å²) in [5.41, 5.74) is 2.10. The van der Waals surface area contributed by atoms with Gasteiger partial charge in [-0.3, -0.25) is 10.1 Å². The molecule has 0 atom stereocenters. The van der Waals surface area contributed by atoms with E-state index >= 15 is 0 Å². The number of nitrogens with one attached hydrogen (secondary N) is 1. The Kier molecular flexibility index (Phi) is 6.66. The van der Waals surface area contributed by atoms with Crippen molar-refractivity contribution in [1.29, 1.82) is 0 Å². The van der Waals surface area contributed by atoms with Crippen LogP contribution in [0.3, 0.4) is 0 Å². The first-order valence-electron chi connectivity index (χ1n) is 9.63. The van der Waals surface area contributed by atoms with Crippen LogP contribution in [0.5, 0.6) is 5.75 Å². The molecule has 30 heavy (non-hydrogen) atoms. The summed E-state index contributed by atoms with van der Waals surface area (Å²) >= 11 is 3.90. The summed E-state index contributed by atoms with van der Waals surface area (Å²) in [6.07, 6.45) is 2.70. The number of benzene rings is 2. The molecular weight excluding hydrogens is 404 g/mol. The molecule has 1 aliphatic heterocycles. The highest BCUT2D eigenvalue weighted by molar-refractivity contribution is 7.74. The molecule has 0 saturated heterocycles. The largest absolute Gasteiger partial charge is 0.494 e. The molecule has 1 aliphatic rings. The molecule has 0 radical (unpaired) electrons. The summed E-state index contributed by atoms with van der Waals surface area (Å²) in [6, 6.07) is 12.7. The van der Waals surface area contributed by atoms with E-state index in [-0.39, 0.29) is 5.78 Å². The van der Waals surface area contributed by atoms with E-state index in [1.807, 2.05) is 38.3 Å². The highest BCUT2D eigenvalue weighted by atomic mass is 32.1. The van der Waals surface area contributed by atoms with Crippen LogP contribution in [0.2, 0.25) is 0 Å². The Morgan fingerprint density at radius 2 is 2.03 bits per heavy atom. The Balaban J connectivity index is 1.59. The summed E-state index contributed by atoms with van der Waals surface area (Å²) in [4.78, 5) is 23.5. The minimum atomic E-state index is -0.683. The summed E-state index contributed by atoms with van der Waals surface area (Å²) < 4.78 is 17.7. The zero-order valence-electron chi connectivity index (χ0n) is 17.2. The SMILES string of the molecule is CC(=O)c1ccccc1[N+](=CCCCOc1ccc2c(c1)NC(=O)OC2(C)C)OS. The average Bonchev–Trinajstić information content (AvgIpc) is 2.69. The van der Waals surface area contributed by atoms with Gasteiger partial charge in [0.15, 0.2) is 5.78 Å². The quantitative estimate of drug-likeness (QED) is 0.117. The van der Waals surface area contributed by atoms with Crippen LogP contribution >= 0.6 is 12.9 Å². The lowest BCUT2D eigenvalue weighted by Crippen LogP contribution is -2.34. The molecule has 0 aromatic heterocycles. The van der Waals surface area contributed by atoms with E-state index < -0.39 is 11.7 Å². The van der Waals surface area contributed by atoms with Gasteiger partial charge in [-0.1, -0.05) is 12.1 Å². The Morgan fingerprint density at radius 3 is 2.77 bits per heavy atom. The van der Waals surface area contributed by atoms with Gasteiger partial charge in [0.1, 0.15) is 24.3 Å². The van der Waals surface area contributed by atoms with Crippen molar-refractivity contribution in [2.24, 2.45) is 0 Å². The van der Waals surface area contributed by atoms with Crippen molar-refractivity contribution in [2.75, 3.05) is 11.9 Å². The predicted molar refractivity (Wildman–Crippen MR) is 117 cm³/mol. The number of hydrogen-bond donors (Lipinski definition) is 2. The molecule has 0 fully saturated rings. The molecule has 158 valence electrons. The molecule has 8 heteroatoms. The summed E-state index contributed by atoms with van der Waals surface area (Å²) in [6.45, 7) is 5.68. The molecule has 1 amide bonds. The van der Waals surface area contributed by atoms with Crippen LogP contribution in [-0.4, -0.2) is 29.4 Å². The number of anilines is 1.